The number of hydrogen-bond acceptors (Lipinski definition) is 5. The van der Waals surface area contributed by atoms with Crippen molar-refractivity contribution in [3.05, 3.63) is 42.5 Å². The average Bonchev–Trinajstić information content (AvgIpc) is 2.94. The van der Waals surface area contributed by atoms with E-state index >= 15 is 0 Å². The van der Waals surface area contributed by atoms with Crippen LogP contribution in [0.4, 0.5) is 11.5 Å². The van der Waals surface area contributed by atoms with E-state index in [4.69, 9.17) is 18.0 Å². The van der Waals surface area contributed by atoms with Crippen LogP contribution >= 0.6 is 12.2 Å². The summed E-state index contributed by atoms with van der Waals surface area (Å²) in [5.41, 5.74) is 8.85. The van der Waals surface area contributed by atoms with Crippen LogP contribution in [-0.2, 0) is 0 Å². The van der Waals surface area contributed by atoms with Crippen LogP contribution in [-0.4, -0.2) is 32.0 Å². The van der Waals surface area contributed by atoms with E-state index in [0.29, 0.717) is 10.6 Å². The van der Waals surface area contributed by atoms with Crippen molar-refractivity contribution in [2.45, 2.75) is 0 Å². The van der Waals surface area contributed by atoms with Crippen LogP contribution in [0.3, 0.4) is 0 Å². The van der Waals surface area contributed by atoms with Crippen molar-refractivity contribution in [1.82, 2.24) is 19.9 Å². The second-order valence-corrected chi connectivity index (χ2v) is 4.68. The Morgan fingerprint density at radius 3 is 2.85 bits per heavy atom. The van der Waals surface area contributed by atoms with Gasteiger partial charge in [0.1, 0.15) is 16.8 Å². The SMILES string of the molecule is CN(c1ccccc1C(N)=S)c1ncnc2nc[nH]c12. The summed E-state index contributed by atoms with van der Waals surface area (Å²) in [4.78, 5) is 17.9. The number of rotatable bonds is 3. The van der Waals surface area contributed by atoms with E-state index in [2.05, 4.69) is 19.9 Å². The van der Waals surface area contributed by atoms with Crippen LogP contribution in [0.25, 0.3) is 11.2 Å². The molecular weight excluding hydrogens is 272 g/mol. The van der Waals surface area contributed by atoms with E-state index in [9.17, 15) is 0 Å². The molecule has 0 aliphatic carbocycles. The fourth-order valence-electron chi connectivity index (χ4n) is 2.10. The first kappa shape index (κ1) is 12.5. The van der Waals surface area contributed by atoms with Gasteiger partial charge in [-0.25, -0.2) is 15.0 Å². The molecule has 0 aliphatic rings. The Balaban J connectivity index is 2.16. The molecule has 0 saturated heterocycles. The largest absolute Gasteiger partial charge is 0.389 e. The lowest BCUT2D eigenvalue weighted by Crippen LogP contribution is -2.18. The maximum absolute atomic E-state index is 5.77. The van der Waals surface area contributed by atoms with Crippen molar-refractivity contribution in [1.29, 1.82) is 0 Å². The lowest BCUT2D eigenvalue weighted by atomic mass is 10.1. The van der Waals surface area contributed by atoms with Crippen molar-refractivity contribution < 1.29 is 0 Å². The van der Waals surface area contributed by atoms with E-state index in [0.717, 1.165) is 22.6 Å². The van der Waals surface area contributed by atoms with Gasteiger partial charge in [-0.2, -0.15) is 0 Å². The number of nitrogens with two attached hydrogens (primary N) is 1. The van der Waals surface area contributed by atoms with Gasteiger partial charge in [-0.3, -0.25) is 0 Å². The maximum Gasteiger partial charge on any atom is 0.182 e. The number of anilines is 2. The molecule has 2 aromatic heterocycles. The predicted molar refractivity (Wildman–Crippen MR) is 82.1 cm³/mol. The zero-order valence-electron chi connectivity index (χ0n) is 10.7. The molecule has 100 valence electrons. The molecule has 3 aromatic rings. The highest BCUT2D eigenvalue weighted by Crippen LogP contribution is 2.28. The van der Waals surface area contributed by atoms with Gasteiger partial charge in [-0.05, 0) is 12.1 Å². The highest BCUT2D eigenvalue weighted by atomic mass is 32.1. The van der Waals surface area contributed by atoms with Crippen molar-refractivity contribution in [3.8, 4) is 0 Å². The van der Waals surface area contributed by atoms with Gasteiger partial charge in [0.25, 0.3) is 0 Å². The maximum atomic E-state index is 5.77. The highest BCUT2D eigenvalue weighted by Gasteiger charge is 2.15. The molecule has 0 fully saturated rings. The van der Waals surface area contributed by atoms with Crippen LogP contribution in [0.15, 0.2) is 36.9 Å². The third kappa shape index (κ3) is 1.97. The summed E-state index contributed by atoms with van der Waals surface area (Å²) in [7, 11) is 1.90. The number of fused-ring (bicyclic) bond motifs is 1. The minimum absolute atomic E-state index is 0.349. The normalized spacial score (nSPS) is 10.7. The number of nitrogens with zero attached hydrogens (tertiary/aromatic N) is 4. The molecular formula is C13H12N6S. The van der Waals surface area contributed by atoms with E-state index in [1.54, 1.807) is 6.33 Å². The second-order valence-electron chi connectivity index (χ2n) is 4.24. The number of imidazole rings is 1. The van der Waals surface area contributed by atoms with E-state index < -0.39 is 0 Å². The van der Waals surface area contributed by atoms with Crippen molar-refractivity contribution in [2.24, 2.45) is 5.73 Å². The molecule has 2 heterocycles. The van der Waals surface area contributed by atoms with Gasteiger partial charge in [0.2, 0.25) is 0 Å². The number of thiocarbonyl (C=S) groups is 1. The molecule has 0 radical (unpaired) electrons. The zero-order valence-corrected chi connectivity index (χ0v) is 11.6. The molecule has 7 heteroatoms. The fourth-order valence-corrected chi connectivity index (χ4v) is 2.27. The van der Waals surface area contributed by atoms with E-state index in [1.807, 2.05) is 36.2 Å². The monoisotopic (exact) mass is 284 g/mol. The Hall–Kier alpha value is -2.54. The summed E-state index contributed by atoms with van der Waals surface area (Å²) in [5, 5.41) is 0. The predicted octanol–water partition coefficient (Wildman–Crippen LogP) is 1.75. The molecule has 20 heavy (non-hydrogen) atoms. The number of hydrogen-bond donors (Lipinski definition) is 2. The standard InChI is InChI=1S/C13H12N6S/c1-19(9-5-3-2-4-8(9)11(14)20)13-10-12(16-6-15-10)17-7-18-13/h2-7H,1H3,(H2,14,20)(H,15,16,17,18). The fraction of sp³-hybridized carbons (Fsp3) is 0.0769. The zero-order chi connectivity index (χ0) is 14.1. The van der Waals surface area contributed by atoms with Gasteiger partial charge in [0.15, 0.2) is 11.5 Å². The van der Waals surface area contributed by atoms with Crippen LogP contribution in [0.1, 0.15) is 5.56 Å². The summed E-state index contributed by atoms with van der Waals surface area (Å²) in [6.07, 6.45) is 3.08. The number of aromatic nitrogens is 4. The number of para-hydroxylation sites is 1. The average molecular weight is 284 g/mol. The molecule has 0 unspecified atom stereocenters. The molecule has 3 N–H and O–H groups in total. The van der Waals surface area contributed by atoms with Gasteiger partial charge in [0.05, 0.1) is 12.0 Å². The molecule has 1 aromatic carbocycles. The summed E-state index contributed by atoms with van der Waals surface area (Å²) >= 11 is 5.10. The third-order valence-electron chi connectivity index (χ3n) is 3.05. The Kier molecular flexibility index (Phi) is 3.03. The van der Waals surface area contributed by atoms with Crippen LogP contribution in [0.2, 0.25) is 0 Å². The molecule has 0 spiro atoms. The first-order valence-electron chi connectivity index (χ1n) is 5.95. The number of aromatic amines is 1. The summed E-state index contributed by atoms with van der Waals surface area (Å²) in [6.45, 7) is 0. The van der Waals surface area contributed by atoms with Gasteiger partial charge in [-0.1, -0.05) is 24.4 Å². The van der Waals surface area contributed by atoms with Gasteiger partial charge < -0.3 is 15.6 Å². The molecule has 0 bridgehead atoms. The number of benzene rings is 1. The first-order valence-corrected chi connectivity index (χ1v) is 6.36. The Morgan fingerprint density at radius 1 is 1.25 bits per heavy atom. The highest BCUT2D eigenvalue weighted by molar-refractivity contribution is 7.80. The van der Waals surface area contributed by atoms with Crippen molar-refractivity contribution in [3.63, 3.8) is 0 Å². The topological polar surface area (TPSA) is 83.7 Å². The summed E-state index contributed by atoms with van der Waals surface area (Å²) < 4.78 is 0. The Morgan fingerprint density at radius 2 is 2.05 bits per heavy atom. The van der Waals surface area contributed by atoms with E-state index in [1.165, 1.54) is 6.33 Å². The van der Waals surface area contributed by atoms with E-state index in [-0.39, 0.29) is 0 Å². The minimum Gasteiger partial charge on any atom is -0.389 e. The van der Waals surface area contributed by atoms with Crippen LogP contribution in [0, 0.1) is 0 Å². The van der Waals surface area contributed by atoms with Crippen molar-refractivity contribution in [2.75, 3.05) is 11.9 Å². The molecule has 6 nitrogen and oxygen atoms in total. The molecule has 0 aliphatic heterocycles. The van der Waals surface area contributed by atoms with Gasteiger partial charge in [-0.15, -0.1) is 0 Å². The quantitative estimate of drug-likeness (QED) is 0.713. The van der Waals surface area contributed by atoms with Crippen molar-refractivity contribution >= 4 is 39.9 Å². The third-order valence-corrected chi connectivity index (χ3v) is 3.27. The Bertz CT molecular complexity index is 781. The molecule has 0 saturated carbocycles. The first-order chi connectivity index (χ1) is 9.68. The van der Waals surface area contributed by atoms with Gasteiger partial charge >= 0.3 is 0 Å². The summed E-state index contributed by atoms with van der Waals surface area (Å²) in [5.74, 6) is 0.719. The lowest BCUT2D eigenvalue weighted by Gasteiger charge is -2.21. The molecule has 0 amide bonds. The Labute approximate surface area is 120 Å². The summed E-state index contributed by atoms with van der Waals surface area (Å²) in [6, 6.07) is 7.66. The van der Waals surface area contributed by atoms with Crippen LogP contribution < -0.4 is 10.6 Å². The number of nitrogens with one attached hydrogen (secondary N) is 1. The molecule has 0 atom stereocenters. The molecule has 3 rings (SSSR count). The van der Waals surface area contributed by atoms with Gasteiger partial charge in [0, 0.05) is 12.6 Å². The second kappa shape index (κ2) is 4.86. The smallest absolute Gasteiger partial charge is 0.182 e. The number of H-pyrrole nitrogens is 1. The lowest BCUT2D eigenvalue weighted by molar-refractivity contribution is 1.10. The minimum atomic E-state index is 0.349. The van der Waals surface area contributed by atoms with Crippen LogP contribution in [0.5, 0.6) is 0 Å².